The van der Waals surface area contributed by atoms with Gasteiger partial charge in [-0.05, 0) is 65.1 Å². The number of aliphatic carboxylic acids is 1. The van der Waals surface area contributed by atoms with E-state index < -0.39 is 17.8 Å². The standard InChI is InChI=1S/C34H37N3O5/c1-4-9-21(2)31(32(39)35-29-13-8-12-26-22(3)27(34(40)41)18-28(26)29)24-16-14-23(15-17-24)19-37-30(38)20-42-33(36-37)25-10-6-5-7-11-25/h5-8,10-17,21-22,27,31H,4,9,18-20H2,1-3H3,(H,35,39)(H,40,41). The van der Waals surface area contributed by atoms with E-state index >= 15 is 0 Å². The number of amides is 2. The average molecular weight is 568 g/mol. The molecule has 2 N–H and O–H groups in total. The Kier molecular flexibility index (Phi) is 8.71. The lowest BCUT2D eigenvalue weighted by molar-refractivity contribution is -0.142. The van der Waals surface area contributed by atoms with Crippen molar-refractivity contribution in [1.29, 1.82) is 0 Å². The number of benzene rings is 3. The Morgan fingerprint density at radius 1 is 1.07 bits per heavy atom. The molecule has 0 saturated heterocycles. The summed E-state index contributed by atoms with van der Waals surface area (Å²) < 4.78 is 5.56. The number of anilines is 1. The van der Waals surface area contributed by atoms with E-state index in [9.17, 15) is 19.5 Å². The van der Waals surface area contributed by atoms with Crippen LogP contribution in [-0.2, 0) is 32.1 Å². The molecule has 5 rings (SSSR count). The van der Waals surface area contributed by atoms with Gasteiger partial charge in [-0.2, -0.15) is 0 Å². The molecule has 4 atom stereocenters. The van der Waals surface area contributed by atoms with E-state index in [0.717, 1.165) is 40.7 Å². The van der Waals surface area contributed by atoms with Gasteiger partial charge in [-0.1, -0.05) is 81.8 Å². The SMILES string of the molecule is CCCC(C)C(C(=O)Nc1cccc2c1CC(C(=O)O)C2C)c1ccc(CN2N=C(c3ccccc3)OCC2=O)cc1. The van der Waals surface area contributed by atoms with Gasteiger partial charge in [-0.15, -0.1) is 5.10 Å². The first kappa shape index (κ1) is 29.0. The molecule has 1 aliphatic heterocycles. The first-order chi connectivity index (χ1) is 20.3. The lowest BCUT2D eigenvalue weighted by atomic mass is 9.83. The predicted molar refractivity (Wildman–Crippen MR) is 161 cm³/mol. The topological polar surface area (TPSA) is 108 Å². The van der Waals surface area contributed by atoms with Crippen LogP contribution in [0.5, 0.6) is 0 Å². The maximum atomic E-state index is 13.8. The fourth-order valence-electron chi connectivity index (χ4n) is 6.11. The van der Waals surface area contributed by atoms with E-state index in [2.05, 4.69) is 24.3 Å². The number of hydrogen-bond acceptors (Lipinski definition) is 5. The van der Waals surface area contributed by atoms with Gasteiger partial charge >= 0.3 is 5.97 Å². The minimum atomic E-state index is -0.814. The third kappa shape index (κ3) is 6.08. The Morgan fingerprint density at radius 3 is 2.50 bits per heavy atom. The Bertz CT molecular complexity index is 1480. The summed E-state index contributed by atoms with van der Waals surface area (Å²) in [6.07, 6.45) is 2.23. The highest BCUT2D eigenvalue weighted by Gasteiger charge is 2.36. The zero-order valence-corrected chi connectivity index (χ0v) is 24.2. The van der Waals surface area contributed by atoms with Gasteiger partial charge in [-0.3, -0.25) is 14.4 Å². The maximum Gasteiger partial charge on any atom is 0.307 e. The summed E-state index contributed by atoms with van der Waals surface area (Å²) in [5, 5.41) is 18.7. The molecule has 0 aromatic heterocycles. The van der Waals surface area contributed by atoms with Crippen LogP contribution in [0.15, 0.2) is 77.9 Å². The minimum Gasteiger partial charge on any atom is -0.481 e. The minimum absolute atomic E-state index is 0.0717. The molecular formula is C34H37N3O5. The van der Waals surface area contributed by atoms with Crippen molar-refractivity contribution in [3.8, 4) is 0 Å². The highest BCUT2D eigenvalue weighted by Crippen LogP contribution is 2.41. The van der Waals surface area contributed by atoms with Crippen LogP contribution >= 0.6 is 0 Å². The molecule has 1 heterocycles. The van der Waals surface area contributed by atoms with Crippen LogP contribution in [0, 0.1) is 11.8 Å². The zero-order chi connectivity index (χ0) is 29.8. The molecule has 0 bridgehead atoms. The normalized spacial score (nSPS) is 19.4. The van der Waals surface area contributed by atoms with Crippen molar-refractivity contribution in [2.24, 2.45) is 16.9 Å². The van der Waals surface area contributed by atoms with Gasteiger partial charge in [0.25, 0.3) is 5.91 Å². The maximum absolute atomic E-state index is 13.8. The number of carboxylic acid groups (broad SMARTS) is 1. The van der Waals surface area contributed by atoms with Crippen molar-refractivity contribution in [1.82, 2.24) is 5.01 Å². The van der Waals surface area contributed by atoms with Crippen LogP contribution < -0.4 is 5.32 Å². The molecule has 0 fully saturated rings. The molecule has 0 radical (unpaired) electrons. The number of carbonyl (C=O) groups excluding carboxylic acids is 2. The molecule has 2 amide bonds. The summed E-state index contributed by atoms with van der Waals surface area (Å²) in [6, 6.07) is 23.0. The summed E-state index contributed by atoms with van der Waals surface area (Å²) in [5.41, 5.74) is 5.18. The first-order valence-corrected chi connectivity index (χ1v) is 14.6. The van der Waals surface area contributed by atoms with Gasteiger partial charge in [-0.25, -0.2) is 5.01 Å². The van der Waals surface area contributed by atoms with Crippen molar-refractivity contribution < 1.29 is 24.2 Å². The molecular weight excluding hydrogens is 530 g/mol. The van der Waals surface area contributed by atoms with Gasteiger partial charge in [0.2, 0.25) is 11.8 Å². The van der Waals surface area contributed by atoms with Crippen LogP contribution in [0.1, 0.15) is 73.3 Å². The van der Waals surface area contributed by atoms with Gasteiger partial charge in [0.05, 0.1) is 18.4 Å². The Hall–Kier alpha value is -4.46. The van der Waals surface area contributed by atoms with E-state index in [1.54, 1.807) is 0 Å². The Balaban J connectivity index is 1.35. The van der Waals surface area contributed by atoms with Gasteiger partial charge < -0.3 is 15.2 Å². The summed E-state index contributed by atoms with van der Waals surface area (Å²) in [7, 11) is 0. The van der Waals surface area contributed by atoms with Crippen LogP contribution in [0.3, 0.4) is 0 Å². The lowest BCUT2D eigenvalue weighted by Crippen LogP contribution is -2.36. The number of carboxylic acids is 1. The largest absolute Gasteiger partial charge is 0.481 e. The van der Waals surface area contributed by atoms with E-state index in [0.29, 0.717) is 24.6 Å². The van der Waals surface area contributed by atoms with Crippen molar-refractivity contribution in [2.45, 2.75) is 58.4 Å². The van der Waals surface area contributed by atoms with Crippen molar-refractivity contribution in [3.05, 3.63) is 101 Å². The van der Waals surface area contributed by atoms with Crippen molar-refractivity contribution in [2.75, 3.05) is 11.9 Å². The molecule has 218 valence electrons. The molecule has 1 aliphatic carbocycles. The van der Waals surface area contributed by atoms with Gasteiger partial charge in [0.1, 0.15) is 0 Å². The lowest BCUT2D eigenvalue weighted by Gasteiger charge is -2.25. The van der Waals surface area contributed by atoms with Gasteiger partial charge in [0, 0.05) is 11.3 Å². The van der Waals surface area contributed by atoms with Crippen molar-refractivity contribution >= 4 is 29.4 Å². The quantitative estimate of drug-likeness (QED) is 0.316. The fourth-order valence-corrected chi connectivity index (χ4v) is 6.11. The molecule has 8 nitrogen and oxygen atoms in total. The zero-order valence-electron chi connectivity index (χ0n) is 24.2. The molecule has 4 unspecified atom stereocenters. The van der Waals surface area contributed by atoms with Crippen LogP contribution in [-0.4, -0.2) is 40.4 Å². The number of nitrogens with one attached hydrogen (secondary N) is 1. The summed E-state index contributed by atoms with van der Waals surface area (Å²) in [4.78, 5) is 38.2. The number of nitrogens with zero attached hydrogens (tertiary/aromatic N) is 2. The number of hydrazone groups is 1. The number of hydrogen-bond donors (Lipinski definition) is 2. The molecule has 3 aromatic carbocycles. The van der Waals surface area contributed by atoms with Crippen LogP contribution in [0.2, 0.25) is 0 Å². The molecule has 0 saturated carbocycles. The smallest absolute Gasteiger partial charge is 0.307 e. The fraction of sp³-hybridized carbons (Fsp3) is 0.353. The summed E-state index contributed by atoms with van der Waals surface area (Å²) in [6.45, 7) is 6.35. The summed E-state index contributed by atoms with van der Waals surface area (Å²) >= 11 is 0. The number of carbonyl (C=O) groups is 3. The predicted octanol–water partition coefficient (Wildman–Crippen LogP) is 5.93. The molecule has 8 heteroatoms. The van der Waals surface area contributed by atoms with E-state index in [1.165, 1.54) is 5.01 Å². The van der Waals surface area contributed by atoms with E-state index in [1.807, 2.05) is 79.7 Å². The van der Waals surface area contributed by atoms with E-state index in [-0.39, 0.29) is 30.3 Å². The van der Waals surface area contributed by atoms with E-state index in [4.69, 9.17) is 4.74 Å². The second-order valence-electron chi connectivity index (χ2n) is 11.3. The summed E-state index contributed by atoms with van der Waals surface area (Å²) in [5.74, 6) is -1.64. The molecule has 3 aromatic rings. The van der Waals surface area contributed by atoms with Crippen LogP contribution in [0.4, 0.5) is 5.69 Å². The number of fused-ring (bicyclic) bond motifs is 1. The third-order valence-electron chi connectivity index (χ3n) is 8.42. The van der Waals surface area contributed by atoms with Crippen LogP contribution in [0.25, 0.3) is 0 Å². The molecule has 2 aliphatic rings. The molecule has 0 spiro atoms. The first-order valence-electron chi connectivity index (χ1n) is 14.6. The van der Waals surface area contributed by atoms with Gasteiger partial charge in [0.15, 0.2) is 6.61 Å². The molecule has 42 heavy (non-hydrogen) atoms. The third-order valence-corrected chi connectivity index (χ3v) is 8.42. The second kappa shape index (κ2) is 12.6. The Morgan fingerprint density at radius 2 is 1.81 bits per heavy atom. The second-order valence-corrected chi connectivity index (χ2v) is 11.3. The Labute approximate surface area is 246 Å². The average Bonchev–Trinajstić information content (AvgIpc) is 3.33. The van der Waals surface area contributed by atoms with Crippen molar-refractivity contribution in [3.63, 3.8) is 0 Å². The number of rotatable bonds is 10. The monoisotopic (exact) mass is 567 g/mol. The number of ether oxygens (including phenoxy) is 1. The highest BCUT2D eigenvalue weighted by molar-refractivity contribution is 5.98. The highest BCUT2D eigenvalue weighted by atomic mass is 16.5.